The van der Waals surface area contributed by atoms with E-state index in [1.165, 1.54) is 11.0 Å². The quantitative estimate of drug-likeness (QED) is 0.767. The van der Waals surface area contributed by atoms with Gasteiger partial charge in [0.25, 0.3) is 5.91 Å². The van der Waals surface area contributed by atoms with Crippen molar-refractivity contribution in [2.75, 3.05) is 19.6 Å². The molecule has 0 aliphatic carbocycles. The molecule has 26 heavy (non-hydrogen) atoms. The average molecular weight is 369 g/mol. The predicted molar refractivity (Wildman–Crippen MR) is 99.2 cm³/mol. The number of para-hydroxylation sites is 1. The Kier molecular flexibility index (Phi) is 4.71. The van der Waals surface area contributed by atoms with E-state index in [0.717, 1.165) is 29.9 Å². The van der Waals surface area contributed by atoms with Crippen LogP contribution in [0.5, 0.6) is 0 Å². The standard InChI is InChI=1S/C19H19N3O3S/c23-17(11-20-18(24)15-7-4-10-25-15)22-9-3-5-13(12-22)19-21-14-6-1-2-8-16(14)26-19/h1-2,4,6-8,10,13H,3,5,9,11-12H2,(H,20,24)/t13-/m0/s1. The number of rotatable bonds is 4. The predicted octanol–water partition coefficient (Wildman–Crippen LogP) is 3.03. The lowest BCUT2D eigenvalue weighted by Crippen LogP contribution is -2.44. The lowest BCUT2D eigenvalue weighted by molar-refractivity contribution is -0.131. The van der Waals surface area contributed by atoms with Crippen LogP contribution < -0.4 is 5.32 Å². The molecule has 1 aromatic carbocycles. The Balaban J connectivity index is 1.38. The van der Waals surface area contributed by atoms with E-state index in [2.05, 4.69) is 11.4 Å². The van der Waals surface area contributed by atoms with Gasteiger partial charge in [0.2, 0.25) is 5.91 Å². The van der Waals surface area contributed by atoms with Gasteiger partial charge in [-0.05, 0) is 37.1 Å². The monoisotopic (exact) mass is 369 g/mol. The number of nitrogens with one attached hydrogen (secondary N) is 1. The molecule has 6 nitrogen and oxygen atoms in total. The highest BCUT2D eigenvalue weighted by Gasteiger charge is 2.27. The van der Waals surface area contributed by atoms with Crippen molar-refractivity contribution in [1.29, 1.82) is 0 Å². The molecule has 134 valence electrons. The van der Waals surface area contributed by atoms with Crippen molar-refractivity contribution < 1.29 is 14.0 Å². The summed E-state index contributed by atoms with van der Waals surface area (Å²) in [5.74, 6) is 0.0217. The highest BCUT2D eigenvalue weighted by atomic mass is 32.1. The van der Waals surface area contributed by atoms with Gasteiger partial charge < -0.3 is 14.6 Å². The molecule has 7 heteroatoms. The molecule has 1 fully saturated rings. The van der Waals surface area contributed by atoms with Crippen LogP contribution in [0.3, 0.4) is 0 Å². The number of hydrogen-bond donors (Lipinski definition) is 1. The van der Waals surface area contributed by atoms with Crippen LogP contribution in [0.15, 0.2) is 47.1 Å². The van der Waals surface area contributed by atoms with E-state index in [9.17, 15) is 9.59 Å². The molecule has 4 rings (SSSR count). The van der Waals surface area contributed by atoms with Crippen LogP contribution in [0.1, 0.15) is 34.3 Å². The molecular formula is C19H19N3O3S. The summed E-state index contributed by atoms with van der Waals surface area (Å²) in [5, 5.41) is 3.71. The van der Waals surface area contributed by atoms with Gasteiger partial charge in [0.1, 0.15) is 0 Å². The molecule has 0 saturated carbocycles. The Morgan fingerprint density at radius 1 is 1.27 bits per heavy atom. The fraction of sp³-hybridized carbons (Fsp3) is 0.316. The van der Waals surface area contributed by atoms with Gasteiger partial charge in [-0.2, -0.15) is 0 Å². The fourth-order valence-corrected chi connectivity index (χ4v) is 4.33. The molecule has 2 aromatic heterocycles. The number of carbonyl (C=O) groups is 2. The van der Waals surface area contributed by atoms with Gasteiger partial charge in [0, 0.05) is 19.0 Å². The minimum Gasteiger partial charge on any atom is -0.459 e. The maximum Gasteiger partial charge on any atom is 0.287 e. The molecule has 3 heterocycles. The third-order valence-electron chi connectivity index (χ3n) is 4.58. The van der Waals surface area contributed by atoms with Crippen LogP contribution in [-0.4, -0.2) is 41.3 Å². The highest BCUT2D eigenvalue weighted by Crippen LogP contribution is 2.32. The average Bonchev–Trinajstić information content (AvgIpc) is 3.35. The molecular weight excluding hydrogens is 350 g/mol. The second kappa shape index (κ2) is 7.29. The van der Waals surface area contributed by atoms with Crippen LogP contribution in [-0.2, 0) is 4.79 Å². The number of aromatic nitrogens is 1. The van der Waals surface area contributed by atoms with Crippen LogP contribution in [0, 0.1) is 0 Å². The van der Waals surface area contributed by atoms with Gasteiger partial charge in [-0.3, -0.25) is 9.59 Å². The number of carbonyl (C=O) groups excluding carboxylic acids is 2. The molecule has 1 atom stereocenters. The van der Waals surface area contributed by atoms with Crippen LogP contribution >= 0.6 is 11.3 Å². The second-order valence-electron chi connectivity index (χ2n) is 6.36. The second-order valence-corrected chi connectivity index (χ2v) is 7.42. The molecule has 3 aromatic rings. The van der Waals surface area contributed by atoms with E-state index >= 15 is 0 Å². The maximum absolute atomic E-state index is 12.5. The molecule has 0 bridgehead atoms. The fourth-order valence-electron chi connectivity index (χ4n) is 3.23. The summed E-state index contributed by atoms with van der Waals surface area (Å²) in [6.45, 7) is 1.35. The first-order valence-electron chi connectivity index (χ1n) is 8.65. The van der Waals surface area contributed by atoms with Gasteiger partial charge in [-0.1, -0.05) is 12.1 Å². The SMILES string of the molecule is O=C(NCC(=O)N1CCC[C@H](c2nc3ccccc3s2)C1)c1ccco1. The summed E-state index contributed by atoms with van der Waals surface area (Å²) in [7, 11) is 0. The van der Waals surface area contributed by atoms with Crippen LogP contribution in [0.2, 0.25) is 0 Å². The number of hydrogen-bond acceptors (Lipinski definition) is 5. The van der Waals surface area contributed by atoms with Crippen molar-refractivity contribution in [2.45, 2.75) is 18.8 Å². The van der Waals surface area contributed by atoms with E-state index in [4.69, 9.17) is 9.40 Å². The summed E-state index contributed by atoms with van der Waals surface area (Å²) >= 11 is 1.70. The maximum atomic E-state index is 12.5. The van der Waals surface area contributed by atoms with Crippen molar-refractivity contribution in [3.05, 3.63) is 53.4 Å². The van der Waals surface area contributed by atoms with Gasteiger partial charge >= 0.3 is 0 Å². The number of nitrogens with zero attached hydrogens (tertiary/aromatic N) is 2. The van der Waals surface area contributed by atoms with E-state index in [0.29, 0.717) is 6.54 Å². The molecule has 0 spiro atoms. The van der Waals surface area contributed by atoms with Gasteiger partial charge in [-0.25, -0.2) is 4.98 Å². The van der Waals surface area contributed by atoms with Gasteiger partial charge in [-0.15, -0.1) is 11.3 Å². The lowest BCUT2D eigenvalue weighted by atomic mass is 9.98. The number of furan rings is 1. The Morgan fingerprint density at radius 2 is 2.15 bits per heavy atom. The van der Waals surface area contributed by atoms with E-state index in [1.54, 1.807) is 23.5 Å². The van der Waals surface area contributed by atoms with Crippen molar-refractivity contribution in [3.63, 3.8) is 0 Å². The van der Waals surface area contributed by atoms with Crippen molar-refractivity contribution in [3.8, 4) is 0 Å². The summed E-state index contributed by atoms with van der Waals surface area (Å²) < 4.78 is 6.21. The number of amides is 2. The third-order valence-corrected chi connectivity index (χ3v) is 5.78. The zero-order chi connectivity index (χ0) is 17.9. The van der Waals surface area contributed by atoms with E-state index < -0.39 is 0 Å². The molecule has 1 saturated heterocycles. The molecule has 1 N–H and O–H groups in total. The summed E-state index contributed by atoms with van der Waals surface area (Å²) in [6.07, 6.45) is 3.41. The first kappa shape index (κ1) is 16.8. The largest absolute Gasteiger partial charge is 0.459 e. The Hall–Kier alpha value is -2.67. The Bertz CT molecular complexity index is 886. The minimum absolute atomic E-state index is 0.0217. The third kappa shape index (κ3) is 3.48. The topological polar surface area (TPSA) is 75.4 Å². The van der Waals surface area contributed by atoms with Crippen LogP contribution in [0.25, 0.3) is 10.2 Å². The molecule has 1 aliphatic rings. The number of likely N-dealkylation sites (tertiary alicyclic amines) is 1. The number of fused-ring (bicyclic) bond motifs is 1. The zero-order valence-electron chi connectivity index (χ0n) is 14.2. The minimum atomic E-state index is -0.372. The number of thiazole rings is 1. The smallest absolute Gasteiger partial charge is 0.287 e. The van der Waals surface area contributed by atoms with Crippen molar-refractivity contribution in [2.24, 2.45) is 0 Å². The molecule has 0 unspecified atom stereocenters. The highest BCUT2D eigenvalue weighted by molar-refractivity contribution is 7.18. The number of benzene rings is 1. The van der Waals surface area contributed by atoms with Gasteiger partial charge in [0.05, 0.1) is 28.0 Å². The van der Waals surface area contributed by atoms with E-state index in [1.807, 2.05) is 23.1 Å². The zero-order valence-corrected chi connectivity index (χ0v) is 15.0. The van der Waals surface area contributed by atoms with Gasteiger partial charge in [0.15, 0.2) is 5.76 Å². The summed E-state index contributed by atoms with van der Waals surface area (Å²) in [4.78, 5) is 30.9. The normalized spacial score (nSPS) is 17.4. The lowest BCUT2D eigenvalue weighted by Gasteiger charge is -2.31. The number of piperidine rings is 1. The molecule has 0 radical (unpaired) electrons. The Morgan fingerprint density at radius 3 is 2.96 bits per heavy atom. The molecule has 2 amide bonds. The van der Waals surface area contributed by atoms with E-state index in [-0.39, 0.29) is 30.0 Å². The summed E-state index contributed by atoms with van der Waals surface area (Å²) in [6, 6.07) is 11.3. The van der Waals surface area contributed by atoms with Crippen molar-refractivity contribution >= 4 is 33.4 Å². The summed E-state index contributed by atoms with van der Waals surface area (Å²) in [5.41, 5.74) is 1.02. The first-order valence-corrected chi connectivity index (χ1v) is 9.47. The molecule has 1 aliphatic heterocycles. The van der Waals surface area contributed by atoms with Crippen LogP contribution in [0.4, 0.5) is 0 Å². The Labute approximate surface area is 154 Å². The first-order chi connectivity index (χ1) is 12.7. The van der Waals surface area contributed by atoms with Crippen molar-refractivity contribution in [1.82, 2.24) is 15.2 Å².